The summed E-state index contributed by atoms with van der Waals surface area (Å²) in [6.45, 7) is 5.69. The third-order valence-electron chi connectivity index (χ3n) is 2.35. The van der Waals surface area contributed by atoms with Crippen LogP contribution in [0.25, 0.3) is 0 Å². The van der Waals surface area contributed by atoms with E-state index in [1.807, 2.05) is 13.8 Å². The molecule has 1 amide bonds. The van der Waals surface area contributed by atoms with Gasteiger partial charge in [-0.05, 0) is 26.8 Å². The average molecular weight is 239 g/mol. The normalized spacial score (nSPS) is 10.6. The number of carboxylic acid groups (broad SMARTS) is 1. The third-order valence-corrected chi connectivity index (χ3v) is 2.35. The molecule has 94 valence electrons. The highest BCUT2D eigenvalue weighted by Crippen LogP contribution is 2.06. The zero-order chi connectivity index (χ0) is 13.0. The number of aliphatic carboxylic acids is 1. The molecule has 17 heavy (non-hydrogen) atoms. The number of hydrogen-bond acceptors (Lipinski definition) is 3. The van der Waals surface area contributed by atoms with Crippen molar-refractivity contribution in [3.05, 3.63) is 18.0 Å². The van der Waals surface area contributed by atoms with Crippen LogP contribution in [0, 0.1) is 0 Å². The molecule has 0 unspecified atom stereocenters. The molecule has 0 spiro atoms. The highest BCUT2D eigenvalue weighted by atomic mass is 16.4. The second kappa shape index (κ2) is 5.47. The molecule has 0 aromatic carbocycles. The highest BCUT2D eigenvalue weighted by Gasteiger charge is 2.19. The van der Waals surface area contributed by atoms with Gasteiger partial charge in [0.1, 0.15) is 12.2 Å². The first-order chi connectivity index (χ1) is 7.95. The highest BCUT2D eigenvalue weighted by molar-refractivity contribution is 5.94. The number of likely N-dealkylation sites (N-methyl/N-ethyl adjacent to an activating group) is 1. The summed E-state index contributed by atoms with van der Waals surface area (Å²) >= 11 is 0. The smallest absolute Gasteiger partial charge is 0.323 e. The van der Waals surface area contributed by atoms with Gasteiger partial charge in [-0.1, -0.05) is 0 Å². The number of carbonyl (C=O) groups is 2. The zero-order valence-electron chi connectivity index (χ0n) is 10.3. The van der Waals surface area contributed by atoms with Gasteiger partial charge in [0, 0.05) is 18.8 Å². The summed E-state index contributed by atoms with van der Waals surface area (Å²) in [4.78, 5) is 23.8. The van der Waals surface area contributed by atoms with Crippen molar-refractivity contribution >= 4 is 11.9 Å². The van der Waals surface area contributed by atoms with Gasteiger partial charge in [0.2, 0.25) is 0 Å². The first kappa shape index (κ1) is 13.2. The molecule has 0 atom stereocenters. The zero-order valence-corrected chi connectivity index (χ0v) is 10.3. The van der Waals surface area contributed by atoms with Crippen molar-refractivity contribution in [3.8, 4) is 0 Å². The van der Waals surface area contributed by atoms with Gasteiger partial charge in [-0.2, -0.15) is 5.10 Å². The van der Waals surface area contributed by atoms with Crippen molar-refractivity contribution in [1.29, 1.82) is 0 Å². The molecule has 1 aromatic rings. The van der Waals surface area contributed by atoms with Crippen molar-refractivity contribution in [2.24, 2.45) is 0 Å². The number of rotatable bonds is 5. The fraction of sp³-hybridized carbons (Fsp3) is 0.545. The molecule has 0 saturated carbocycles. The Kier molecular flexibility index (Phi) is 4.25. The fourth-order valence-corrected chi connectivity index (χ4v) is 1.39. The summed E-state index contributed by atoms with van der Waals surface area (Å²) in [6, 6.07) is 1.78. The first-order valence-corrected chi connectivity index (χ1v) is 5.52. The predicted molar refractivity (Wildman–Crippen MR) is 61.8 cm³/mol. The Hall–Kier alpha value is -1.85. The van der Waals surface area contributed by atoms with Gasteiger partial charge in [-0.3, -0.25) is 14.3 Å². The van der Waals surface area contributed by atoms with Gasteiger partial charge in [0.15, 0.2) is 0 Å². The monoisotopic (exact) mass is 239 g/mol. The molecular formula is C11H17N3O3. The molecule has 0 radical (unpaired) electrons. The summed E-state index contributed by atoms with van der Waals surface area (Å²) in [7, 11) is 0. The SMILES string of the molecule is CCN(CC(=O)O)C(=O)c1ccn(C(C)C)n1. The summed E-state index contributed by atoms with van der Waals surface area (Å²) < 4.78 is 1.67. The minimum atomic E-state index is -1.02. The quantitative estimate of drug-likeness (QED) is 0.832. The fourth-order valence-electron chi connectivity index (χ4n) is 1.39. The predicted octanol–water partition coefficient (Wildman–Crippen LogP) is 1.01. The van der Waals surface area contributed by atoms with E-state index in [2.05, 4.69) is 5.10 Å². The van der Waals surface area contributed by atoms with E-state index in [9.17, 15) is 9.59 Å². The van der Waals surface area contributed by atoms with Gasteiger partial charge >= 0.3 is 5.97 Å². The molecular weight excluding hydrogens is 222 g/mol. The van der Waals surface area contributed by atoms with Crippen molar-refractivity contribution in [1.82, 2.24) is 14.7 Å². The van der Waals surface area contributed by atoms with E-state index in [0.717, 1.165) is 0 Å². The molecule has 0 bridgehead atoms. The summed E-state index contributed by atoms with van der Waals surface area (Å²) in [5.41, 5.74) is 0.279. The lowest BCUT2D eigenvalue weighted by molar-refractivity contribution is -0.137. The van der Waals surface area contributed by atoms with E-state index >= 15 is 0 Å². The second-order valence-electron chi connectivity index (χ2n) is 3.99. The number of nitrogens with zero attached hydrogens (tertiary/aromatic N) is 3. The Bertz CT molecular complexity index is 412. The maximum atomic E-state index is 11.9. The van der Waals surface area contributed by atoms with E-state index in [-0.39, 0.29) is 24.2 Å². The van der Waals surface area contributed by atoms with Crippen LogP contribution in [-0.2, 0) is 4.79 Å². The maximum Gasteiger partial charge on any atom is 0.323 e. The van der Waals surface area contributed by atoms with E-state index in [0.29, 0.717) is 6.54 Å². The Morgan fingerprint density at radius 3 is 2.59 bits per heavy atom. The lowest BCUT2D eigenvalue weighted by Gasteiger charge is -2.16. The summed E-state index contributed by atoms with van der Waals surface area (Å²) in [6.07, 6.45) is 1.71. The van der Waals surface area contributed by atoms with Crippen molar-refractivity contribution < 1.29 is 14.7 Å². The maximum absolute atomic E-state index is 11.9. The molecule has 0 aliphatic carbocycles. The van der Waals surface area contributed by atoms with Crippen LogP contribution in [0.4, 0.5) is 0 Å². The topological polar surface area (TPSA) is 75.4 Å². The lowest BCUT2D eigenvalue weighted by Crippen LogP contribution is -2.35. The second-order valence-corrected chi connectivity index (χ2v) is 3.99. The first-order valence-electron chi connectivity index (χ1n) is 5.52. The summed E-state index contributed by atoms with van der Waals surface area (Å²) in [5.74, 6) is -1.38. The number of aromatic nitrogens is 2. The largest absolute Gasteiger partial charge is 0.480 e. The standard InChI is InChI=1S/C11H17N3O3/c1-4-13(7-10(15)16)11(17)9-5-6-14(12-9)8(2)3/h5-6,8H,4,7H2,1-3H3,(H,15,16). The molecule has 1 heterocycles. The number of carboxylic acids is 1. The van der Waals surface area contributed by atoms with Crippen LogP contribution < -0.4 is 0 Å². The molecule has 1 rings (SSSR count). The third kappa shape index (κ3) is 3.30. The molecule has 1 N–H and O–H groups in total. The Morgan fingerprint density at radius 2 is 2.18 bits per heavy atom. The van der Waals surface area contributed by atoms with Crippen LogP contribution >= 0.6 is 0 Å². The van der Waals surface area contributed by atoms with Gasteiger partial charge in [0.25, 0.3) is 5.91 Å². The molecule has 0 aliphatic heterocycles. The molecule has 0 fully saturated rings. The van der Waals surface area contributed by atoms with E-state index in [1.165, 1.54) is 4.90 Å². The molecule has 1 aromatic heterocycles. The van der Waals surface area contributed by atoms with Crippen molar-refractivity contribution in [2.45, 2.75) is 26.8 Å². The van der Waals surface area contributed by atoms with Gasteiger partial charge in [0.05, 0.1) is 0 Å². The van der Waals surface area contributed by atoms with E-state index < -0.39 is 5.97 Å². The number of hydrogen-bond donors (Lipinski definition) is 1. The molecule has 0 saturated heterocycles. The number of amides is 1. The van der Waals surface area contributed by atoms with Crippen molar-refractivity contribution in [2.75, 3.05) is 13.1 Å². The van der Waals surface area contributed by atoms with Crippen LogP contribution in [0.3, 0.4) is 0 Å². The minimum absolute atomic E-state index is 0.172. The lowest BCUT2D eigenvalue weighted by atomic mass is 10.3. The van der Waals surface area contributed by atoms with E-state index in [1.54, 1.807) is 23.9 Å². The average Bonchev–Trinajstić information content (AvgIpc) is 2.73. The van der Waals surface area contributed by atoms with Gasteiger partial charge in [-0.25, -0.2) is 0 Å². The molecule has 6 nitrogen and oxygen atoms in total. The Balaban J connectivity index is 2.82. The van der Waals surface area contributed by atoms with E-state index in [4.69, 9.17) is 5.11 Å². The summed E-state index contributed by atoms with van der Waals surface area (Å²) in [5, 5.41) is 12.8. The van der Waals surface area contributed by atoms with Gasteiger partial charge in [-0.15, -0.1) is 0 Å². The van der Waals surface area contributed by atoms with Crippen LogP contribution in [0.1, 0.15) is 37.3 Å². The molecule has 6 heteroatoms. The van der Waals surface area contributed by atoms with Crippen molar-refractivity contribution in [3.63, 3.8) is 0 Å². The number of carbonyl (C=O) groups excluding carboxylic acids is 1. The van der Waals surface area contributed by atoms with Crippen LogP contribution in [-0.4, -0.2) is 44.8 Å². The Labute approximate surface area is 99.8 Å². The van der Waals surface area contributed by atoms with Gasteiger partial charge < -0.3 is 10.0 Å². The van der Waals surface area contributed by atoms with Crippen LogP contribution in [0.5, 0.6) is 0 Å². The van der Waals surface area contributed by atoms with Crippen LogP contribution in [0.2, 0.25) is 0 Å². The molecule has 0 aliphatic rings. The van der Waals surface area contributed by atoms with Crippen LogP contribution in [0.15, 0.2) is 12.3 Å². The minimum Gasteiger partial charge on any atom is -0.480 e. The Morgan fingerprint density at radius 1 is 1.53 bits per heavy atom.